The minimum absolute atomic E-state index is 0.111. The molecule has 148 valence electrons. The molecule has 3 rings (SSSR count). The molecule has 2 amide bonds. The van der Waals surface area contributed by atoms with Crippen molar-refractivity contribution in [3.8, 4) is 5.75 Å². The van der Waals surface area contributed by atoms with Crippen molar-refractivity contribution in [1.82, 2.24) is 4.90 Å². The topological polar surface area (TPSA) is 127 Å². The third-order valence-corrected chi connectivity index (χ3v) is 4.85. The van der Waals surface area contributed by atoms with Crippen LogP contribution in [-0.4, -0.2) is 38.7 Å². The van der Waals surface area contributed by atoms with Crippen LogP contribution in [-0.2, 0) is 16.1 Å². The number of ether oxygens (including phenoxy) is 1. The number of benzene rings is 2. The van der Waals surface area contributed by atoms with Gasteiger partial charge in [0.2, 0.25) is 0 Å². The van der Waals surface area contributed by atoms with Gasteiger partial charge >= 0.3 is 5.97 Å². The lowest BCUT2D eigenvalue weighted by Gasteiger charge is -2.12. The number of hydrogen-bond donors (Lipinski definition) is 1. The van der Waals surface area contributed by atoms with Crippen LogP contribution in [0.1, 0.15) is 11.1 Å². The quantitative estimate of drug-likeness (QED) is 0.415. The molecule has 0 unspecified atom stereocenters. The van der Waals surface area contributed by atoms with E-state index in [2.05, 4.69) is 0 Å². The molecule has 0 bridgehead atoms. The number of nitro groups is 1. The molecular weight excluding hydrogens is 400 g/mol. The van der Waals surface area contributed by atoms with E-state index in [4.69, 9.17) is 9.84 Å². The molecule has 10 heteroatoms. The summed E-state index contributed by atoms with van der Waals surface area (Å²) < 4.78 is 5.20. The van der Waals surface area contributed by atoms with Gasteiger partial charge in [-0.25, -0.2) is 4.79 Å². The first kappa shape index (κ1) is 20.1. The predicted octanol–water partition coefficient (Wildman–Crippen LogP) is 3.29. The molecule has 0 saturated carbocycles. The predicted molar refractivity (Wildman–Crippen MR) is 104 cm³/mol. The molecule has 0 atom stereocenters. The van der Waals surface area contributed by atoms with E-state index < -0.39 is 28.6 Å². The van der Waals surface area contributed by atoms with E-state index in [1.807, 2.05) is 0 Å². The number of para-hydroxylation sites is 2. The van der Waals surface area contributed by atoms with Crippen LogP contribution in [0.5, 0.6) is 5.75 Å². The zero-order chi connectivity index (χ0) is 21.0. The summed E-state index contributed by atoms with van der Waals surface area (Å²) in [6.45, 7) is -0.777. The second-order valence-corrected chi connectivity index (χ2v) is 6.87. The van der Waals surface area contributed by atoms with Crippen molar-refractivity contribution in [3.63, 3.8) is 0 Å². The average Bonchev–Trinajstić information content (AvgIpc) is 2.95. The van der Waals surface area contributed by atoms with Crippen molar-refractivity contribution in [2.24, 2.45) is 0 Å². The summed E-state index contributed by atoms with van der Waals surface area (Å²) in [6, 6.07) is 12.4. The van der Waals surface area contributed by atoms with Crippen molar-refractivity contribution in [3.05, 3.63) is 74.7 Å². The van der Waals surface area contributed by atoms with E-state index in [1.165, 1.54) is 24.3 Å². The van der Waals surface area contributed by atoms with Crippen molar-refractivity contribution in [2.45, 2.75) is 6.54 Å². The highest BCUT2D eigenvalue weighted by molar-refractivity contribution is 8.18. The number of aliphatic carboxylic acids is 1. The van der Waals surface area contributed by atoms with Crippen LogP contribution in [0.15, 0.2) is 53.4 Å². The van der Waals surface area contributed by atoms with Crippen molar-refractivity contribution < 1.29 is 29.2 Å². The summed E-state index contributed by atoms with van der Waals surface area (Å²) in [5, 5.41) is 19.4. The minimum Gasteiger partial charge on any atom is -0.481 e. The number of amides is 2. The Morgan fingerprint density at radius 2 is 1.86 bits per heavy atom. The first-order valence-corrected chi connectivity index (χ1v) is 9.09. The number of carboxylic acid groups (broad SMARTS) is 1. The highest BCUT2D eigenvalue weighted by Gasteiger charge is 2.36. The van der Waals surface area contributed by atoms with E-state index in [-0.39, 0.29) is 28.5 Å². The second kappa shape index (κ2) is 8.57. The lowest BCUT2D eigenvalue weighted by Crippen LogP contribution is -2.27. The first-order chi connectivity index (χ1) is 13.9. The number of rotatable bonds is 7. The lowest BCUT2D eigenvalue weighted by atomic mass is 10.1. The van der Waals surface area contributed by atoms with Gasteiger partial charge in [-0.15, -0.1) is 0 Å². The van der Waals surface area contributed by atoms with Crippen LogP contribution in [0.25, 0.3) is 6.08 Å². The third kappa shape index (κ3) is 4.61. The van der Waals surface area contributed by atoms with Gasteiger partial charge in [-0.05, 0) is 23.9 Å². The second-order valence-electron chi connectivity index (χ2n) is 5.87. The molecular formula is C19H14N2O7S. The average molecular weight is 414 g/mol. The Labute approximate surface area is 168 Å². The monoisotopic (exact) mass is 414 g/mol. The van der Waals surface area contributed by atoms with Gasteiger partial charge in [-0.3, -0.25) is 24.6 Å². The Balaban J connectivity index is 1.85. The van der Waals surface area contributed by atoms with Gasteiger partial charge in [0.05, 0.1) is 16.4 Å². The fraction of sp³-hybridized carbons (Fsp3) is 0.105. The Bertz CT molecular complexity index is 1030. The van der Waals surface area contributed by atoms with E-state index in [9.17, 15) is 24.5 Å². The van der Waals surface area contributed by atoms with Crippen LogP contribution < -0.4 is 4.74 Å². The van der Waals surface area contributed by atoms with Gasteiger partial charge in [0.25, 0.3) is 16.8 Å². The molecule has 29 heavy (non-hydrogen) atoms. The summed E-state index contributed by atoms with van der Waals surface area (Å²) in [4.78, 5) is 47.4. The van der Waals surface area contributed by atoms with Crippen molar-refractivity contribution in [1.29, 1.82) is 0 Å². The third-order valence-electron chi connectivity index (χ3n) is 3.95. The summed E-state index contributed by atoms with van der Waals surface area (Å²) in [6.07, 6.45) is 1.43. The number of hydrogen-bond acceptors (Lipinski definition) is 7. The maximum absolute atomic E-state index is 12.7. The standard InChI is InChI=1S/C19H14N2O7S/c22-17(23)11-28-15-8-4-2-5-12(15)9-16-18(24)20(19(25)29-16)10-13-6-1-3-7-14(13)21(26)27/h1-9H,10-11H2,(H,22,23)/b16-9+. The molecule has 1 aliphatic rings. The number of thioether (sulfide) groups is 1. The summed E-state index contributed by atoms with van der Waals surface area (Å²) in [5.41, 5.74) is 0.499. The maximum atomic E-state index is 12.7. The van der Waals surface area contributed by atoms with Gasteiger partial charge in [-0.1, -0.05) is 36.4 Å². The highest BCUT2D eigenvalue weighted by Crippen LogP contribution is 2.35. The summed E-state index contributed by atoms with van der Waals surface area (Å²) in [5.74, 6) is -1.49. The van der Waals surface area contributed by atoms with Crippen LogP contribution in [0, 0.1) is 10.1 Å². The summed E-state index contributed by atoms with van der Waals surface area (Å²) in [7, 11) is 0. The molecule has 0 radical (unpaired) electrons. The van der Waals surface area contributed by atoms with Gasteiger partial charge in [0.1, 0.15) is 5.75 Å². The lowest BCUT2D eigenvalue weighted by molar-refractivity contribution is -0.385. The maximum Gasteiger partial charge on any atom is 0.341 e. The molecule has 1 heterocycles. The largest absolute Gasteiger partial charge is 0.481 e. The molecule has 1 aliphatic heterocycles. The number of carbonyl (C=O) groups is 3. The fourth-order valence-corrected chi connectivity index (χ4v) is 3.47. The molecule has 1 saturated heterocycles. The number of nitro benzene ring substituents is 1. The molecule has 1 N–H and O–H groups in total. The Kier molecular flexibility index (Phi) is 5.93. The number of imide groups is 1. The zero-order valence-electron chi connectivity index (χ0n) is 14.8. The number of nitrogens with zero attached hydrogens (tertiary/aromatic N) is 2. The Morgan fingerprint density at radius 3 is 2.59 bits per heavy atom. The van der Waals surface area contributed by atoms with Crippen LogP contribution in [0.4, 0.5) is 10.5 Å². The molecule has 0 aromatic heterocycles. The van der Waals surface area contributed by atoms with Crippen LogP contribution in [0.2, 0.25) is 0 Å². The Morgan fingerprint density at radius 1 is 1.17 bits per heavy atom. The van der Waals surface area contributed by atoms with Crippen molar-refractivity contribution in [2.75, 3.05) is 6.61 Å². The number of carbonyl (C=O) groups excluding carboxylic acids is 2. The molecule has 2 aromatic rings. The van der Waals surface area contributed by atoms with Crippen molar-refractivity contribution >= 4 is 40.6 Å². The SMILES string of the molecule is O=C(O)COc1ccccc1/C=C1/SC(=O)N(Cc2ccccc2[N+](=O)[O-])C1=O. The van der Waals surface area contributed by atoms with E-state index in [0.29, 0.717) is 17.3 Å². The Hall–Kier alpha value is -3.66. The van der Waals surface area contributed by atoms with Gasteiger partial charge < -0.3 is 9.84 Å². The highest BCUT2D eigenvalue weighted by atomic mass is 32.2. The van der Waals surface area contributed by atoms with E-state index in [0.717, 1.165) is 4.90 Å². The van der Waals surface area contributed by atoms with Crippen LogP contribution >= 0.6 is 11.8 Å². The minimum atomic E-state index is -1.15. The fourth-order valence-electron chi connectivity index (χ4n) is 2.64. The van der Waals surface area contributed by atoms with E-state index >= 15 is 0 Å². The molecule has 0 aliphatic carbocycles. The molecule has 2 aromatic carbocycles. The molecule has 0 spiro atoms. The smallest absolute Gasteiger partial charge is 0.341 e. The van der Waals surface area contributed by atoms with Crippen LogP contribution in [0.3, 0.4) is 0 Å². The molecule has 9 nitrogen and oxygen atoms in total. The molecule has 1 fully saturated rings. The first-order valence-electron chi connectivity index (χ1n) is 8.28. The van der Waals surface area contributed by atoms with Gasteiger partial charge in [-0.2, -0.15) is 0 Å². The van der Waals surface area contributed by atoms with Gasteiger partial charge in [0, 0.05) is 17.2 Å². The van der Waals surface area contributed by atoms with E-state index in [1.54, 1.807) is 30.3 Å². The normalized spacial score (nSPS) is 15.0. The zero-order valence-corrected chi connectivity index (χ0v) is 15.6. The number of carboxylic acids is 1. The summed E-state index contributed by atoms with van der Waals surface area (Å²) >= 11 is 0.700. The van der Waals surface area contributed by atoms with Gasteiger partial charge in [0.15, 0.2) is 6.61 Å².